The Morgan fingerprint density at radius 3 is 2.62 bits per heavy atom. The topological polar surface area (TPSA) is 66.6 Å². The highest BCUT2D eigenvalue weighted by Gasteiger charge is 2.30. The number of nitrogens with zero attached hydrogens (tertiary/aromatic N) is 1. The van der Waals surface area contributed by atoms with Gasteiger partial charge in [-0.1, -0.05) is 23.7 Å². The van der Waals surface area contributed by atoms with Crippen molar-refractivity contribution in [1.82, 2.24) is 4.90 Å². The van der Waals surface area contributed by atoms with Gasteiger partial charge < -0.3 is 15.7 Å². The van der Waals surface area contributed by atoms with Crippen LogP contribution in [0, 0.1) is 5.92 Å². The summed E-state index contributed by atoms with van der Waals surface area (Å²) in [6.07, 6.45) is 3.16. The highest BCUT2D eigenvalue weighted by atomic mass is 35.5. The molecule has 0 heterocycles. The van der Waals surface area contributed by atoms with Gasteiger partial charge in [-0.2, -0.15) is 0 Å². The van der Waals surface area contributed by atoms with Crippen LogP contribution in [0.15, 0.2) is 24.3 Å². The molecule has 4 nitrogen and oxygen atoms in total. The molecule has 1 aliphatic carbocycles. The third-order valence-corrected chi connectivity index (χ3v) is 4.26. The summed E-state index contributed by atoms with van der Waals surface area (Å²) >= 11 is 5.89. The van der Waals surface area contributed by atoms with Crippen molar-refractivity contribution < 1.29 is 9.90 Å². The van der Waals surface area contributed by atoms with E-state index >= 15 is 0 Å². The van der Waals surface area contributed by atoms with Gasteiger partial charge in [-0.25, -0.2) is 0 Å². The molecule has 21 heavy (non-hydrogen) atoms. The summed E-state index contributed by atoms with van der Waals surface area (Å²) in [4.78, 5) is 14.5. The average molecular weight is 311 g/mol. The van der Waals surface area contributed by atoms with Crippen molar-refractivity contribution in [3.63, 3.8) is 0 Å². The Labute approximate surface area is 130 Å². The van der Waals surface area contributed by atoms with Gasteiger partial charge >= 0.3 is 0 Å². The number of carbonyl (C=O) groups is 1. The van der Waals surface area contributed by atoms with Crippen LogP contribution in [0.3, 0.4) is 0 Å². The van der Waals surface area contributed by atoms with Gasteiger partial charge in [0.05, 0.1) is 0 Å². The zero-order valence-electron chi connectivity index (χ0n) is 12.2. The fraction of sp³-hybridized carbons (Fsp3) is 0.562. The first-order valence-corrected chi connectivity index (χ1v) is 7.87. The van der Waals surface area contributed by atoms with E-state index in [1.54, 1.807) is 0 Å². The molecule has 0 radical (unpaired) electrons. The zero-order chi connectivity index (χ0) is 15.2. The molecular formula is C16H23ClN2O2. The normalized spacial score (nSPS) is 21.5. The molecule has 1 aliphatic rings. The van der Waals surface area contributed by atoms with Gasteiger partial charge in [0, 0.05) is 36.7 Å². The van der Waals surface area contributed by atoms with Gasteiger partial charge in [0.15, 0.2) is 0 Å². The average Bonchev–Trinajstić information content (AvgIpc) is 2.91. The molecule has 0 spiro atoms. The number of hydrogen-bond donors (Lipinski definition) is 2. The van der Waals surface area contributed by atoms with Gasteiger partial charge in [-0.05, 0) is 43.4 Å². The Morgan fingerprint density at radius 2 is 2.05 bits per heavy atom. The maximum atomic E-state index is 12.6. The van der Waals surface area contributed by atoms with E-state index in [1.807, 2.05) is 29.2 Å². The highest BCUT2D eigenvalue weighted by molar-refractivity contribution is 6.30. The fourth-order valence-electron chi connectivity index (χ4n) is 2.84. The SMILES string of the molecule is N[C@@H]1CC[C@H](C(=O)N(CCCO)Cc2ccc(Cl)cc2)C1. The standard InChI is InChI=1S/C16H23ClN2O2/c17-14-5-2-12(3-6-14)11-19(8-1-9-20)16(21)13-4-7-15(18)10-13/h2-3,5-6,13,15,20H,1,4,7-11,18H2/t13-,15+/m0/s1. The van der Waals surface area contributed by atoms with Crippen molar-refractivity contribution in [1.29, 1.82) is 0 Å². The first kappa shape index (κ1) is 16.3. The van der Waals surface area contributed by atoms with Crippen molar-refractivity contribution in [2.75, 3.05) is 13.2 Å². The minimum Gasteiger partial charge on any atom is -0.396 e. The lowest BCUT2D eigenvalue weighted by Crippen LogP contribution is -2.36. The Morgan fingerprint density at radius 1 is 1.33 bits per heavy atom. The lowest BCUT2D eigenvalue weighted by molar-refractivity contribution is -0.136. The second-order valence-corrected chi connectivity index (χ2v) is 6.17. The Kier molecular flexibility index (Phi) is 6.03. The molecule has 2 atom stereocenters. The Bertz CT molecular complexity index is 464. The van der Waals surface area contributed by atoms with E-state index in [-0.39, 0.29) is 24.5 Å². The molecule has 0 saturated heterocycles. The van der Waals surface area contributed by atoms with E-state index in [9.17, 15) is 4.79 Å². The van der Waals surface area contributed by atoms with Crippen LogP contribution in [-0.4, -0.2) is 35.1 Å². The molecule has 116 valence electrons. The zero-order valence-corrected chi connectivity index (χ0v) is 12.9. The molecule has 5 heteroatoms. The Hall–Kier alpha value is -1.10. The monoisotopic (exact) mass is 310 g/mol. The van der Waals surface area contributed by atoms with Crippen LogP contribution >= 0.6 is 11.6 Å². The number of hydrogen-bond acceptors (Lipinski definition) is 3. The van der Waals surface area contributed by atoms with Crippen molar-refractivity contribution in [2.24, 2.45) is 11.7 Å². The van der Waals surface area contributed by atoms with Crippen LogP contribution in [0.1, 0.15) is 31.2 Å². The maximum Gasteiger partial charge on any atom is 0.226 e. The minimum absolute atomic E-state index is 0.0333. The predicted molar refractivity (Wildman–Crippen MR) is 83.9 cm³/mol. The number of amides is 1. The van der Waals surface area contributed by atoms with Gasteiger partial charge in [-0.3, -0.25) is 4.79 Å². The van der Waals surface area contributed by atoms with Crippen molar-refractivity contribution in [3.8, 4) is 0 Å². The molecule has 1 aromatic rings. The van der Waals surface area contributed by atoms with Crippen LogP contribution in [0.2, 0.25) is 5.02 Å². The highest BCUT2D eigenvalue weighted by Crippen LogP contribution is 2.26. The summed E-state index contributed by atoms with van der Waals surface area (Å²) in [6.45, 7) is 1.22. The summed E-state index contributed by atoms with van der Waals surface area (Å²) < 4.78 is 0. The van der Waals surface area contributed by atoms with E-state index in [2.05, 4.69) is 0 Å². The first-order chi connectivity index (χ1) is 10.1. The van der Waals surface area contributed by atoms with Gasteiger partial charge in [-0.15, -0.1) is 0 Å². The molecule has 0 bridgehead atoms. The Balaban J connectivity index is 2.02. The van der Waals surface area contributed by atoms with Gasteiger partial charge in [0.1, 0.15) is 0 Å². The largest absolute Gasteiger partial charge is 0.396 e. The molecule has 0 unspecified atom stereocenters. The van der Waals surface area contributed by atoms with Gasteiger partial charge in [0.2, 0.25) is 5.91 Å². The molecule has 2 rings (SSSR count). The van der Waals surface area contributed by atoms with Crippen molar-refractivity contribution in [2.45, 2.75) is 38.3 Å². The molecule has 1 amide bonds. The summed E-state index contributed by atoms with van der Waals surface area (Å²) in [5.41, 5.74) is 6.96. The minimum atomic E-state index is 0.0333. The third-order valence-electron chi connectivity index (χ3n) is 4.01. The van der Waals surface area contributed by atoms with Crippen molar-refractivity contribution in [3.05, 3.63) is 34.9 Å². The molecule has 1 fully saturated rings. The second kappa shape index (κ2) is 7.78. The molecule has 1 saturated carbocycles. The second-order valence-electron chi connectivity index (χ2n) is 5.73. The number of benzene rings is 1. The van der Waals surface area contributed by atoms with Crippen LogP contribution in [-0.2, 0) is 11.3 Å². The summed E-state index contributed by atoms with van der Waals surface area (Å²) in [5.74, 6) is 0.192. The quantitative estimate of drug-likeness (QED) is 0.846. The van der Waals surface area contributed by atoms with E-state index in [0.29, 0.717) is 24.5 Å². The molecule has 3 N–H and O–H groups in total. The van der Waals surface area contributed by atoms with Crippen molar-refractivity contribution >= 4 is 17.5 Å². The summed E-state index contributed by atoms with van der Waals surface area (Å²) in [7, 11) is 0. The van der Waals surface area contributed by atoms with Crippen LogP contribution < -0.4 is 5.73 Å². The fourth-order valence-corrected chi connectivity index (χ4v) is 2.96. The number of halogens is 1. The lowest BCUT2D eigenvalue weighted by atomic mass is 10.1. The van der Waals surface area contributed by atoms with Gasteiger partial charge in [0.25, 0.3) is 0 Å². The van der Waals surface area contributed by atoms with Crippen LogP contribution in [0.25, 0.3) is 0 Å². The lowest BCUT2D eigenvalue weighted by Gasteiger charge is -2.25. The first-order valence-electron chi connectivity index (χ1n) is 7.50. The van der Waals surface area contributed by atoms with E-state index < -0.39 is 0 Å². The van der Waals surface area contributed by atoms with E-state index in [4.69, 9.17) is 22.4 Å². The number of nitrogens with two attached hydrogens (primary N) is 1. The number of carbonyl (C=O) groups excluding carboxylic acids is 1. The van der Waals surface area contributed by atoms with Crippen LogP contribution in [0.4, 0.5) is 0 Å². The summed E-state index contributed by atoms with van der Waals surface area (Å²) in [5, 5.41) is 9.72. The predicted octanol–water partition coefficient (Wildman–Crippen LogP) is 2.18. The third kappa shape index (κ3) is 4.70. The van der Waals surface area contributed by atoms with E-state index in [1.165, 1.54) is 0 Å². The molecule has 0 aromatic heterocycles. The van der Waals surface area contributed by atoms with E-state index in [0.717, 1.165) is 24.8 Å². The number of rotatable bonds is 6. The number of aliphatic hydroxyl groups excluding tert-OH is 1. The molecular weight excluding hydrogens is 288 g/mol. The smallest absolute Gasteiger partial charge is 0.226 e. The number of aliphatic hydroxyl groups is 1. The maximum absolute atomic E-state index is 12.6. The molecule has 1 aromatic carbocycles. The summed E-state index contributed by atoms with van der Waals surface area (Å²) in [6, 6.07) is 7.67. The molecule has 0 aliphatic heterocycles. The van der Waals surface area contributed by atoms with Crippen LogP contribution in [0.5, 0.6) is 0 Å².